The largest absolute Gasteiger partial charge is 0.296 e. The maximum absolute atomic E-state index is 4.91. The summed E-state index contributed by atoms with van der Waals surface area (Å²) in [6.07, 6.45) is 1.74. The summed E-state index contributed by atoms with van der Waals surface area (Å²) in [5.41, 5.74) is 3.50. The normalized spacial score (nSPS) is 9.70. The molecule has 0 atom stereocenters. The second kappa shape index (κ2) is 3.98. The smallest absolute Gasteiger partial charge is 0.110 e. The molecule has 10 heavy (non-hydrogen) atoms. The Balaban J connectivity index is 2.43. The SMILES string of the molecule is CNOCc1ccccn1. The Morgan fingerprint density at radius 3 is 3.10 bits per heavy atom. The fourth-order valence-electron chi connectivity index (χ4n) is 0.630. The Kier molecular flexibility index (Phi) is 2.86. The molecule has 0 saturated heterocycles. The van der Waals surface area contributed by atoms with Crippen LogP contribution in [-0.2, 0) is 11.4 Å². The second-order valence-corrected chi connectivity index (χ2v) is 1.81. The summed E-state index contributed by atoms with van der Waals surface area (Å²) in [7, 11) is 1.73. The van der Waals surface area contributed by atoms with Crippen LogP contribution in [0.1, 0.15) is 5.69 Å². The van der Waals surface area contributed by atoms with Gasteiger partial charge in [-0.3, -0.25) is 9.82 Å². The molecule has 0 saturated carbocycles. The predicted molar refractivity (Wildman–Crippen MR) is 38.1 cm³/mol. The van der Waals surface area contributed by atoms with Crippen molar-refractivity contribution in [2.75, 3.05) is 7.05 Å². The minimum atomic E-state index is 0.511. The van der Waals surface area contributed by atoms with Crippen LogP contribution in [0.4, 0.5) is 0 Å². The second-order valence-electron chi connectivity index (χ2n) is 1.81. The first-order valence-corrected chi connectivity index (χ1v) is 3.12. The average molecular weight is 138 g/mol. The molecule has 1 heterocycles. The van der Waals surface area contributed by atoms with Crippen LogP contribution in [0.3, 0.4) is 0 Å². The molecular weight excluding hydrogens is 128 g/mol. The van der Waals surface area contributed by atoms with Gasteiger partial charge in [-0.1, -0.05) is 6.07 Å². The Hall–Kier alpha value is -0.930. The molecule has 0 radical (unpaired) electrons. The summed E-state index contributed by atoms with van der Waals surface area (Å²) in [4.78, 5) is 8.96. The number of nitrogens with zero attached hydrogens (tertiary/aromatic N) is 1. The molecule has 0 aliphatic carbocycles. The fourth-order valence-corrected chi connectivity index (χ4v) is 0.630. The number of hydrogen-bond donors (Lipinski definition) is 1. The van der Waals surface area contributed by atoms with Gasteiger partial charge in [0.25, 0.3) is 0 Å². The zero-order valence-corrected chi connectivity index (χ0v) is 5.87. The van der Waals surface area contributed by atoms with Crippen molar-refractivity contribution in [3.8, 4) is 0 Å². The van der Waals surface area contributed by atoms with E-state index in [9.17, 15) is 0 Å². The predicted octanol–water partition coefficient (Wildman–Crippen LogP) is 0.733. The van der Waals surface area contributed by atoms with Gasteiger partial charge in [-0.2, -0.15) is 0 Å². The molecule has 3 nitrogen and oxygen atoms in total. The number of aromatic nitrogens is 1. The Bertz CT molecular complexity index is 176. The highest BCUT2D eigenvalue weighted by molar-refractivity contribution is 5.01. The van der Waals surface area contributed by atoms with Crippen LogP contribution in [0, 0.1) is 0 Å². The number of hydroxylamine groups is 1. The molecule has 0 unspecified atom stereocenters. The van der Waals surface area contributed by atoms with Gasteiger partial charge in [-0.15, -0.1) is 0 Å². The zero-order chi connectivity index (χ0) is 7.23. The van der Waals surface area contributed by atoms with E-state index >= 15 is 0 Å². The molecule has 1 rings (SSSR count). The molecule has 3 heteroatoms. The highest BCUT2D eigenvalue weighted by Gasteiger charge is 1.88. The van der Waals surface area contributed by atoms with Crippen molar-refractivity contribution in [1.82, 2.24) is 10.5 Å². The molecule has 0 aliphatic heterocycles. The van der Waals surface area contributed by atoms with Crippen molar-refractivity contribution in [3.05, 3.63) is 30.1 Å². The highest BCUT2D eigenvalue weighted by Crippen LogP contribution is 1.92. The van der Waals surface area contributed by atoms with Crippen LogP contribution in [0.15, 0.2) is 24.4 Å². The van der Waals surface area contributed by atoms with Gasteiger partial charge < -0.3 is 0 Å². The summed E-state index contributed by atoms with van der Waals surface area (Å²) < 4.78 is 0. The van der Waals surface area contributed by atoms with Crippen molar-refractivity contribution in [2.24, 2.45) is 0 Å². The Labute approximate surface area is 60.0 Å². The lowest BCUT2D eigenvalue weighted by molar-refractivity contribution is 0.0424. The summed E-state index contributed by atoms with van der Waals surface area (Å²) in [6, 6.07) is 5.72. The Morgan fingerprint density at radius 1 is 1.60 bits per heavy atom. The first-order chi connectivity index (χ1) is 4.93. The van der Waals surface area contributed by atoms with Gasteiger partial charge in [0, 0.05) is 13.2 Å². The third-order valence-corrected chi connectivity index (χ3v) is 1.09. The van der Waals surface area contributed by atoms with E-state index in [1.165, 1.54) is 0 Å². The van der Waals surface area contributed by atoms with Crippen molar-refractivity contribution < 1.29 is 4.84 Å². The molecule has 0 bridgehead atoms. The molecule has 0 spiro atoms. The van der Waals surface area contributed by atoms with Gasteiger partial charge in [0.1, 0.15) is 6.61 Å². The summed E-state index contributed by atoms with van der Waals surface area (Å²) >= 11 is 0. The van der Waals surface area contributed by atoms with Crippen LogP contribution in [0.25, 0.3) is 0 Å². The minimum Gasteiger partial charge on any atom is -0.296 e. The van der Waals surface area contributed by atoms with Gasteiger partial charge in [-0.05, 0) is 12.1 Å². The molecular formula is C7H10N2O. The number of rotatable bonds is 3. The first kappa shape index (κ1) is 7.18. The fraction of sp³-hybridized carbons (Fsp3) is 0.286. The van der Waals surface area contributed by atoms with Crippen LogP contribution >= 0.6 is 0 Å². The molecule has 1 aromatic rings. The first-order valence-electron chi connectivity index (χ1n) is 3.12. The molecule has 54 valence electrons. The quantitative estimate of drug-likeness (QED) is 0.625. The lowest BCUT2D eigenvalue weighted by Crippen LogP contribution is -2.07. The molecule has 1 N–H and O–H groups in total. The van der Waals surface area contributed by atoms with Crippen molar-refractivity contribution >= 4 is 0 Å². The van der Waals surface area contributed by atoms with E-state index in [0.717, 1.165) is 5.69 Å². The van der Waals surface area contributed by atoms with E-state index in [4.69, 9.17) is 4.84 Å². The van der Waals surface area contributed by atoms with Gasteiger partial charge in [0.05, 0.1) is 5.69 Å². The van der Waals surface area contributed by atoms with Crippen LogP contribution < -0.4 is 5.48 Å². The molecule has 0 aliphatic rings. The van der Waals surface area contributed by atoms with E-state index in [2.05, 4.69) is 10.5 Å². The number of pyridine rings is 1. The number of nitrogens with one attached hydrogen (secondary N) is 1. The maximum atomic E-state index is 4.91. The lowest BCUT2D eigenvalue weighted by atomic mass is 10.4. The zero-order valence-electron chi connectivity index (χ0n) is 5.87. The highest BCUT2D eigenvalue weighted by atomic mass is 16.6. The van der Waals surface area contributed by atoms with E-state index < -0.39 is 0 Å². The number of hydrogen-bond acceptors (Lipinski definition) is 3. The van der Waals surface area contributed by atoms with Gasteiger partial charge in [-0.25, -0.2) is 5.48 Å². The van der Waals surface area contributed by atoms with Crippen LogP contribution in [-0.4, -0.2) is 12.0 Å². The summed E-state index contributed by atoms with van der Waals surface area (Å²) in [6.45, 7) is 0.511. The topological polar surface area (TPSA) is 34.1 Å². The average Bonchev–Trinajstić information content (AvgIpc) is 2.03. The maximum Gasteiger partial charge on any atom is 0.110 e. The summed E-state index contributed by atoms with van der Waals surface area (Å²) in [5.74, 6) is 0. The summed E-state index contributed by atoms with van der Waals surface area (Å²) in [5, 5.41) is 0. The Morgan fingerprint density at radius 2 is 2.50 bits per heavy atom. The molecule has 0 fully saturated rings. The third-order valence-electron chi connectivity index (χ3n) is 1.09. The van der Waals surface area contributed by atoms with Crippen LogP contribution in [0.2, 0.25) is 0 Å². The van der Waals surface area contributed by atoms with E-state index in [1.807, 2.05) is 18.2 Å². The van der Waals surface area contributed by atoms with Gasteiger partial charge in [0.15, 0.2) is 0 Å². The molecule has 1 aromatic heterocycles. The molecule has 0 amide bonds. The van der Waals surface area contributed by atoms with E-state index in [1.54, 1.807) is 13.2 Å². The van der Waals surface area contributed by atoms with Crippen molar-refractivity contribution in [1.29, 1.82) is 0 Å². The monoisotopic (exact) mass is 138 g/mol. The molecule has 0 aromatic carbocycles. The van der Waals surface area contributed by atoms with Gasteiger partial charge in [0.2, 0.25) is 0 Å². The van der Waals surface area contributed by atoms with Crippen molar-refractivity contribution in [2.45, 2.75) is 6.61 Å². The van der Waals surface area contributed by atoms with E-state index in [0.29, 0.717) is 6.61 Å². The third kappa shape index (κ3) is 2.13. The lowest BCUT2D eigenvalue weighted by Gasteiger charge is -1.98. The van der Waals surface area contributed by atoms with Gasteiger partial charge >= 0.3 is 0 Å². The van der Waals surface area contributed by atoms with E-state index in [-0.39, 0.29) is 0 Å². The van der Waals surface area contributed by atoms with Crippen molar-refractivity contribution in [3.63, 3.8) is 0 Å². The minimum absolute atomic E-state index is 0.511. The van der Waals surface area contributed by atoms with Crippen LogP contribution in [0.5, 0.6) is 0 Å². The standard InChI is InChI=1S/C7H10N2O/c1-8-10-6-7-4-2-3-5-9-7/h2-5,8H,6H2,1H3.